The fraction of sp³-hybridized carbons (Fsp3) is 0.500. The van der Waals surface area contributed by atoms with E-state index in [-0.39, 0.29) is 11.9 Å². The smallest absolute Gasteiger partial charge is 0.337 e. The van der Waals surface area contributed by atoms with E-state index in [1.165, 1.54) is 10.4 Å². The lowest BCUT2D eigenvalue weighted by Crippen LogP contribution is -2.11. The Bertz CT molecular complexity index is 606. The molecule has 1 amide bonds. The van der Waals surface area contributed by atoms with Crippen LogP contribution in [0.4, 0.5) is 5.95 Å². The zero-order valence-corrected chi connectivity index (χ0v) is 13.3. The number of H-pyrrole nitrogens is 1. The monoisotopic (exact) mass is 308 g/mol. The summed E-state index contributed by atoms with van der Waals surface area (Å²) in [6.45, 7) is 6.58. The van der Waals surface area contributed by atoms with Crippen molar-refractivity contribution < 1.29 is 9.53 Å². The van der Waals surface area contributed by atoms with Gasteiger partial charge in [0.2, 0.25) is 5.95 Å². The summed E-state index contributed by atoms with van der Waals surface area (Å²) in [5, 5.41) is 9.20. The molecule has 2 aromatic rings. The van der Waals surface area contributed by atoms with Gasteiger partial charge in [0.1, 0.15) is 0 Å². The molecule has 2 rings (SSSR count). The van der Waals surface area contributed by atoms with E-state index in [0.717, 1.165) is 19.3 Å². The number of hydrogen-bond acceptors (Lipinski definition) is 5. The molecule has 2 heterocycles. The molecule has 21 heavy (non-hydrogen) atoms. The third kappa shape index (κ3) is 3.81. The molecule has 0 unspecified atom stereocenters. The standard InChI is InChI=1S/C14H20N4O2S/c1-4-7-10-9(5-2)8-11(21-10)12(19)15-13-16-14(18-17-13)20-6-3/h8H,4-7H2,1-3H3,(H2,15,16,17,18,19). The first kappa shape index (κ1) is 15.5. The quantitative estimate of drug-likeness (QED) is 0.824. The number of rotatable bonds is 7. The van der Waals surface area contributed by atoms with Crippen LogP contribution in [0.2, 0.25) is 0 Å². The molecular formula is C14H20N4O2S. The molecule has 0 saturated heterocycles. The van der Waals surface area contributed by atoms with E-state index < -0.39 is 0 Å². The third-order valence-corrected chi connectivity index (χ3v) is 4.18. The van der Waals surface area contributed by atoms with Crippen molar-refractivity contribution in [3.8, 4) is 6.01 Å². The van der Waals surface area contributed by atoms with Crippen molar-refractivity contribution in [2.75, 3.05) is 11.9 Å². The number of aromatic amines is 1. The zero-order valence-electron chi connectivity index (χ0n) is 12.5. The summed E-state index contributed by atoms with van der Waals surface area (Å²) in [7, 11) is 0. The van der Waals surface area contributed by atoms with Crippen LogP contribution in [0.15, 0.2) is 6.07 Å². The number of hydrogen-bond donors (Lipinski definition) is 2. The fourth-order valence-corrected chi connectivity index (χ4v) is 3.23. The molecule has 0 aliphatic heterocycles. The predicted molar refractivity (Wildman–Crippen MR) is 83.2 cm³/mol. The minimum atomic E-state index is -0.170. The average Bonchev–Trinajstić information content (AvgIpc) is 3.07. The fourth-order valence-electron chi connectivity index (χ4n) is 1.98. The first-order chi connectivity index (χ1) is 10.2. The molecule has 0 bridgehead atoms. The van der Waals surface area contributed by atoms with Crippen LogP contribution in [0.25, 0.3) is 0 Å². The lowest BCUT2D eigenvalue weighted by molar-refractivity contribution is 0.102. The van der Waals surface area contributed by atoms with Crippen LogP contribution < -0.4 is 10.1 Å². The van der Waals surface area contributed by atoms with Gasteiger partial charge in [0.25, 0.3) is 5.91 Å². The van der Waals surface area contributed by atoms with Gasteiger partial charge in [-0.25, -0.2) is 5.10 Å². The molecule has 7 heteroatoms. The molecule has 0 aromatic carbocycles. The van der Waals surface area contributed by atoms with Crippen molar-refractivity contribution in [3.63, 3.8) is 0 Å². The summed E-state index contributed by atoms with van der Waals surface area (Å²) in [5.74, 6) is 0.128. The van der Waals surface area contributed by atoms with E-state index in [4.69, 9.17) is 4.74 Å². The second-order valence-corrected chi connectivity index (χ2v) is 5.65. The molecule has 2 N–H and O–H groups in total. The second-order valence-electron chi connectivity index (χ2n) is 4.52. The largest absolute Gasteiger partial charge is 0.463 e. The van der Waals surface area contributed by atoms with E-state index in [0.29, 0.717) is 17.4 Å². The molecule has 0 radical (unpaired) electrons. The molecule has 0 saturated carbocycles. The first-order valence-corrected chi connectivity index (χ1v) is 7.97. The Labute approximate surface area is 127 Å². The summed E-state index contributed by atoms with van der Waals surface area (Å²) in [4.78, 5) is 18.3. The first-order valence-electron chi connectivity index (χ1n) is 7.16. The van der Waals surface area contributed by atoms with Crippen LogP contribution >= 0.6 is 11.3 Å². The maximum atomic E-state index is 12.2. The maximum absolute atomic E-state index is 12.2. The van der Waals surface area contributed by atoms with Crippen LogP contribution in [0.1, 0.15) is 47.3 Å². The third-order valence-electron chi connectivity index (χ3n) is 2.95. The molecule has 0 spiro atoms. The number of anilines is 1. The number of amides is 1. The minimum Gasteiger partial charge on any atom is -0.463 e. The number of aryl methyl sites for hydroxylation is 2. The van der Waals surface area contributed by atoms with Crippen LogP contribution in [0, 0.1) is 0 Å². The number of ether oxygens (including phenoxy) is 1. The molecule has 0 aliphatic rings. The minimum absolute atomic E-state index is 0.170. The number of carbonyl (C=O) groups excluding carboxylic acids is 1. The average molecular weight is 308 g/mol. The molecule has 2 aromatic heterocycles. The van der Waals surface area contributed by atoms with E-state index in [1.807, 2.05) is 13.0 Å². The van der Waals surface area contributed by atoms with Crippen molar-refractivity contribution in [2.45, 2.75) is 40.0 Å². The summed E-state index contributed by atoms with van der Waals surface area (Å²) in [6, 6.07) is 2.20. The van der Waals surface area contributed by atoms with Crippen molar-refractivity contribution in [1.29, 1.82) is 0 Å². The Morgan fingerprint density at radius 2 is 2.24 bits per heavy atom. The van der Waals surface area contributed by atoms with Crippen LogP contribution in [-0.2, 0) is 12.8 Å². The van der Waals surface area contributed by atoms with Gasteiger partial charge in [0.15, 0.2) is 0 Å². The Morgan fingerprint density at radius 1 is 1.43 bits per heavy atom. The normalized spacial score (nSPS) is 10.6. The maximum Gasteiger partial charge on any atom is 0.337 e. The van der Waals surface area contributed by atoms with E-state index in [2.05, 4.69) is 34.3 Å². The van der Waals surface area contributed by atoms with E-state index in [1.54, 1.807) is 11.3 Å². The highest BCUT2D eigenvalue weighted by Crippen LogP contribution is 2.25. The van der Waals surface area contributed by atoms with Crippen LogP contribution in [0.5, 0.6) is 6.01 Å². The van der Waals surface area contributed by atoms with Gasteiger partial charge in [-0.05, 0) is 31.4 Å². The Kier molecular flexibility index (Phi) is 5.32. The van der Waals surface area contributed by atoms with E-state index >= 15 is 0 Å². The predicted octanol–water partition coefficient (Wildman–Crippen LogP) is 3.03. The van der Waals surface area contributed by atoms with Crippen LogP contribution in [0.3, 0.4) is 0 Å². The van der Waals surface area contributed by atoms with Gasteiger partial charge in [-0.1, -0.05) is 20.3 Å². The molecule has 0 atom stereocenters. The van der Waals surface area contributed by atoms with Crippen molar-refractivity contribution >= 4 is 23.2 Å². The van der Waals surface area contributed by atoms with Crippen LogP contribution in [-0.4, -0.2) is 27.7 Å². The topological polar surface area (TPSA) is 79.9 Å². The van der Waals surface area contributed by atoms with Gasteiger partial charge in [-0.2, -0.15) is 4.98 Å². The number of nitrogens with zero attached hydrogens (tertiary/aromatic N) is 2. The zero-order chi connectivity index (χ0) is 15.2. The van der Waals surface area contributed by atoms with Gasteiger partial charge in [-0.15, -0.1) is 16.4 Å². The highest BCUT2D eigenvalue weighted by molar-refractivity contribution is 7.14. The molecule has 114 valence electrons. The van der Waals surface area contributed by atoms with Crippen molar-refractivity contribution in [3.05, 3.63) is 21.4 Å². The highest BCUT2D eigenvalue weighted by atomic mass is 32.1. The summed E-state index contributed by atoms with van der Waals surface area (Å²) < 4.78 is 5.14. The molecular weight excluding hydrogens is 288 g/mol. The SMILES string of the molecule is CCCc1sc(C(=O)Nc2nc(OCC)n[nH]2)cc1CC. The van der Waals surface area contributed by atoms with Gasteiger partial charge in [0, 0.05) is 4.88 Å². The van der Waals surface area contributed by atoms with Gasteiger partial charge < -0.3 is 4.74 Å². The second kappa shape index (κ2) is 7.21. The Morgan fingerprint density at radius 3 is 2.90 bits per heavy atom. The summed E-state index contributed by atoms with van der Waals surface area (Å²) in [5.41, 5.74) is 1.25. The molecule has 6 nitrogen and oxygen atoms in total. The summed E-state index contributed by atoms with van der Waals surface area (Å²) in [6.07, 6.45) is 3.03. The summed E-state index contributed by atoms with van der Waals surface area (Å²) >= 11 is 1.55. The number of aromatic nitrogens is 3. The lowest BCUT2D eigenvalue weighted by atomic mass is 10.1. The number of carbonyl (C=O) groups is 1. The highest BCUT2D eigenvalue weighted by Gasteiger charge is 2.15. The number of nitrogens with one attached hydrogen (secondary N) is 2. The lowest BCUT2D eigenvalue weighted by Gasteiger charge is -1.97. The van der Waals surface area contributed by atoms with Crippen molar-refractivity contribution in [2.24, 2.45) is 0 Å². The van der Waals surface area contributed by atoms with Gasteiger partial charge >= 0.3 is 6.01 Å². The van der Waals surface area contributed by atoms with E-state index in [9.17, 15) is 4.79 Å². The molecule has 0 fully saturated rings. The van der Waals surface area contributed by atoms with Crippen molar-refractivity contribution in [1.82, 2.24) is 15.2 Å². The Balaban J connectivity index is 2.08. The Hall–Kier alpha value is -1.89. The van der Waals surface area contributed by atoms with Gasteiger partial charge in [0.05, 0.1) is 11.5 Å². The van der Waals surface area contributed by atoms with Gasteiger partial charge in [-0.3, -0.25) is 10.1 Å². The number of thiophene rings is 1. The molecule has 0 aliphatic carbocycles.